The molecule has 1 fully saturated rings. The summed E-state index contributed by atoms with van der Waals surface area (Å²) in [7, 11) is -1.40. The van der Waals surface area contributed by atoms with Crippen molar-refractivity contribution < 1.29 is 8.42 Å². The Kier molecular flexibility index (Phi) is 5.34. The van der Waals surface area contributed by atoms with Gasteiger partial charge in [-0.25, -0.2) is 13.1 Å². The second-order valence-corrected chi connectivity index (χ2v) is 7.37. The molecule has 1 heterocycles. The van der Waals surface area contributed by atoms with Gasteiger partial charge >= 0.3 is 0 Å². The molecule has 6 heteroatoms. The number of likely N-dealkylation sites (tertiary alicyclic amines) is 1. The first-order valence-electron chi connectivity index (χ1n) is 7.15. The zero-order valence-corrected chi connectivity index (χ0v) is 13.1. The van der Waals surface area contributed by atoms with Crippen molar-refractivity contribution >= 4 is 10.0 Å². The van der Waals surface area contributed by atoms with Gasteiger partial charge in [0.2, 0.25) is 10.0 Å². The smallest absolute Gasteiger partial charge is 0.240 e. The summed E-state index contributed by atoms with van der Waals surface area (Å²) < 4.78 is 27.2. The van der Waals surface area contributed by atoms with Crippen molar-refractivity contribution in [1.82, 2.24) is 9.62 Å². The molecule has 1 saturated heterocycles. The van der Waals surface area contributed by atoms with Crippen molar-refractivity contribution in [3.63, 3.8) is 0 Å². The van der Waals surface area contributed by atoms with Gasteiger partial charge in [0.05, 0.1) is 17.4 Å². The summed E-state index contributed by atoms with van der Waals surface area (Å²) >= 11 is 0. The lowest BCUT2D eigenvalue weighted by Gasteiger charge is -2.29. The van der Waals surface area contributed by atoms with Crippen LogP contribution in [0.15, 0.2) is 29.2 Å². The molecule has 0 bridgehead atoms. The molecule has 5 nitrogen and oxygen atoms in total. The number of piperidine rings is 1. The fraction of sp³-hybridized carbons (Fsp3) is 0.533. The topological polar surface area (TPSA) is 73.2 Å². The molecule has 1 aromatic carbocycles. The van der Waals surface area contributed by atoms with Gasteiger partial charge in [-0.3, -0.25) is 0 Å². The van der Waals surface area contributed by atoms with Crippen molar-refractivity contribution in [2.24, 2.45) is 5.92 Å². The maximum absolute atomic E-state index is 12.2. The van der Waals surface area contributed by atoms with Crippen LogP contribution in [-0.2, 0) is 16.4 Å². The minimum Gasteiger partial charge on any atom is -0.306 e. The molecule has 1 aliphatic rings. The van der Waals surface area contributed by atoms with E-state index in [9.17, 15) is 8.42 Å². The standard InChI is InChI=1S/C15H21N3O2S/c1-18-10-2-3-14(12-18)11-17-21(19,20)15-6-4-13(5-7-15)8-9-16/h4-7,14,17H,2-3,8,10-12H2,1H3. The van der Waals surface area contributed by atoms with Crippen LogP contribution >= 0.6 is 0 Å². The van der Waals surface area contributed by atoms with E-state index in [0.717, 1.165) is 31.5 Å². The number of rotatable bonds is 5. The molecule has 0 saturated carbocycles. The number of nitrogens with zero attached hydrogens (tertiary/aromatic N) is 2. The predicted octanol–water partition coefficient (Wildman–Crippen LogP) is 1.37. The van der Waals surface area contributed by atoms with Crippen molar-refractivity contribution in [2.75, 3.05) is 26.7 Å². The van der Waals surface area contributed by atoms with Crippen LogP contribution in [0.5, 0.6) is 0 Å². The number of benzene rings is 1. The third-order valence-corrected chi connectivity index (χ3v) is 5.24. The molecule has 1 N–H and O–H groups in total. The van der Waals surface area contributed by atoms with E-state index in [4.69, 9.17) is 5.26 Å². The zero-order chi connectivity index (χ0) is 15.3. The predicted molar refractivity (Wildman–Crippen MR) is 81.2 cm³/mol. The number of hydrogen-bond donors (Lipinski definition) is 1. The zero-order valence-electron chi connectivity index (χ0n) is 12.2. The fourth-order valence-corrected chi connectivity index (χ4v) is 3.74. The third kappa shape index (κ3) is 4.53. The van der Waals surface area contributed by atoms with E-state index < -0.39 is 10.0 Å². The van der Waals surface area contributed by atoms with Crippen LogP contribution in [0.3, 0.4) is 0 Å². The van der Waals surface area contributed by atoms with E-state index in [1.807, 2.05) is 6.07 Å². The van der Waals surface area contributed by atoms with Gasteiger partial charge in [-0.1, -0.05) is 12.1 Å². The lowest BCUT2D eigenvalue weighted by molar-refractivity contribution is 0.211. The molecular formula is C15H21N3O2S. The first-order valence-corrected chi connectivity index (χ1v) is 8.63. The number of nitrogens with one attached hydrogen (secondary N) is 1. The second-order valence-electron chi connectivity index (χ2n) is 5.60. The minimum absolute atomic E-state index is 0.258. The summed E-state index contributed by atoms with van der Waals surface area (Å²) in [4.78, 5) is 2.49. The van der Waals surface area contributed by atoms with Gasteiger partial charge in [0.25, 0.3) is 0 Å². The molecule has 1 atom stereocenters. The first kappa shape index (κ1) is 16.0. The number of nitriles is 1. The molecule has 0 aromatic heterocycles. The highest BCUT2D eigenvalue weighted by Crippen LogP contribution is 2.16. The Morgan fingerprint density at radius 3 is 2.71 bits per heavy atom. The van der Waals surface area contributed by atoms with Gasteiger partial charge in [0, 0.05) is 13.1 Å². The van der Waals surface area contributed by atoms with Crippen LogP contribution in [-0.4, -0.2) is 40.0 Å². The van der Waals surface area contributed by atoms with E-state index in [1.54, 1.807) is 24.3 Å². The molecule has 1 aromatic rings. The van der Waals surface area contributed by atoms with E-state index in [-0.39, 0.29) is 4.90 Å². The molecule has 0 radical (unpaired) electrons. The Morgan fingerprint density at radius 1 is 1.38 bits per heavy atom. The molecule has 1 aliphatic heterocycles. The van der Waals surface area contributed by atoms with E-state index >= 15 is 0 Å². The Bertz CT molecular complexity index is 605. The van der Waals surface area contributed by atoms with Crippen LogP contribution in [0.2, 0.25) is 0 Å². The van der Waals surface area contributed by atoms with Crippen LogP contribution in [0.25, 0.3) is 0 Å². The third-order valence-electron chi connectivity index (χ3n) is 3.80. The van der Waals surface area contributed by atoms with Crippen LogP contribution in [0.4, 0.5) is 0 Å². The molecule has 1 unspecified atom stereocenters. The largest absolute Gasteiger partial charge is 0.306 e. The molecule has 2 rings (SSSR count). The van der Waals surface area contributed by atoms with Crippen molar-refractivity contribution in [1.29, 1.82) is 5.26 Å². The molecular weight excluding hydrogens is 286 g/mol. The summed E-state index contributed by atoms with van der Waals surface area (Å²) in [5.74, 6) is 0.372. The number of sulfonamides is 1. The van der Waals surface area contributed by atoms with Gasteiger partial charge in [0.15, 0.2) is 0 Å². The Balaban J connectivity index is 1.96. The maximum Gasteiger partial charge on any atom is 0.240 e. The van der Waals surface area contributed by atoms with Crippen molar-refractivity contribution in [2.45, 2.75) is 24.2 Å². The molecule has 114 valence electrons. The van der Waals surface area contributed by atoms with Gasteiger partial charge in [-0.2, -0.15) is 5.26 Å². The average molecular weight is 307 g/mol. The van der Waals surface area contributed by atoms with Gasteiger partial charge < -0.3 is 4.90 Å². The quantitative estimate of drug-likeness (QED) is 0.892. The highest BCUT2D eigenvalue weighted by molar-refractivity contribution is 7.89. The molecule has 0 spiro atoms. The highest BCUT2D eigenvalue weighted by atomic mass is 32.2. The average Bonchev–Trinajstić information content (AvgIpc) is 2.46. The second kappa shape index (κ2) is 7.03. The van der Waals surface area contributed by atoms with Crippen molar-refractivity contribution in [3.8, 4) is 6.07 Å². The normalized spacial score (nSPS) is 20.1. The van der Waals surface area contributed by atoms with Crippen molar-refractivity contribution in [3.05, 3.63) is 29.8 Å². The molecule has 21 heavy (non-hydrogen) atoms. The number of hydrogen-bond acceptors (Lipinski definition) is 4. The van der Waals surface area contributed by atoms with Gasteiger partial charge in [-0.15, -0.1) is 0 Å². The Hall–Kier alpha value is -1.42. The van der Waals surface area contributed by atoms with Crippen LogP contribution in [0, 0.1) is 17.2 Å². The monoisotopic (exact) mass is 307 g/mol. The lowest BCUT2D eigenvalue weighted by atomic mass is 9.99. The summed E-state index contributed by atoms with van der Waals surface area (Å²) in [5, 5.41) is 8.61. The minimum atomic E-state index is -3.46. The van der Waals surface area contributed by atoms with Gasteiger partial charge in [-0.05, 0) is 50.0 Å². The summed E-state index contributed by atoms with van der Waals surface area (Å²) in [5.41, 5.74) is 0.824. The van der Waals surface area contributed by atoms with Crippen LogP contribution in [0.1, 0.15) is 18.4 Å². The fourth-order valence-electron chi connectivity index (χ4n) is 2.63. The highest BCUT2D eigenvalue weighted by Gasteiger charge is 2.20. The van der Waals surface area contributed by atoms with E-state index in [0.29, 0.717) is 18.9 Å². The summed E-state index contributed by atoms with van der Waals surface area (Å²) in [6.07, 6.45) is 2.47. The lowest BCUT2D eigenvalue weighted by Crippen LogP contribution is -2.39. The summed E-state index contributed by atoms with van der Waals surface area (Å²) in [6, 6.07) is 8.53. The Labute approximate surface area is 126 Å². The van der Waals surface area contributed by atoms with E-state index in [2.05, 4.69) is 16.7 Å². The Morgan fingerprint density at radius 2 is 2.10 bits per heavy atom. The molecule has 0 amide bonds. The first-order chi connectivity index (χ1) is 10.0. The van der Waals surface area contributed by atoms with Gasteiger partial charge in [0.1, 0.15) is 0 Å². The van der Waals surface area contributed by atoms with E-state index in [1.165, 1.54) is 0 Å². The maximum atomic E-state index is 12.2. The SMILES string of the molecule is CN1CCCC(CNS(=O)(=O)c2ccc(CC#N)cc2)C1. The summed E-state index contributed by atoms with van der Waals surface area (Å²) in [6.45, 7) is 2.50. The van der Waals surface area contributed by atoms with Crippen LogP contribution < -0.4 is 4.72 Å². The molecule has 0 aliphatic carbocycles.